The number of nitrogens with zero attached hydrogens (tertiary/aromatic N) is 1. The van der Waals surface area contributed by atoms with Crippen molar-refractivity contribution < 1.29 is 14.3 Å². The summed E-state index contributed by atoms with van der Waals surface area (Å²) < 4.78 is 10.7. The summed E-state index contributed by atoms with van der Waals surface area (Å²) in [5.41, 5.74) is 2.42. The summed E-state index contributed by atoms with van der Waals surface area (Å²) in [6, 6.07) is 4.03. The topological polar surface area (TPSA) is 38.8 Å². The van der Waals surface area contributed by atoms with Crippen molar-refractivity contribution in [2.24, 2.45) is 0 Å². The molecule has 2 rings (SSSR count). The fourth-order valence-corrected chi connectivity index (χ4v) is 2.78. The lowest BCUT2D eigenvalue weighted by atomic mass is 9.98. The predicted molar refractivity (Wildman–Crippen MR) is 82.8 cm³/mol. The van der Waals surface area contributed by atoms with E-state index in [4.69, 9.17) is 9.47 Å². The van der Waals surface area contributed by atoms with Gasteiger partial charge in [-0.2, -0.15) is 0 Å². The smallest absolute Gasteiger partial charge is 0.222 e. The zero-order valence-electron chi connectivity index (χ0n) is 13.3. The van der Waals surface area contributed by atoms with E-state index < -0.39 is 0 Å². The van der Waals surface area contributed by atoms with Crippen LogP contribution in [0.15, 0.2) is 12.1 Å². The maximum atomic E-state index is 12.2. The minimum absolute atomic E-state index is 0.267. The quantitative estimate of drug-likeness (QED) is 0.756. The van der Waals surface area contributed by atoms with Crippen molar-refractivity contribution in [3.8, 4) is 11.5 Å². The lowest BCUT2D eigenvalue weighted by molar-refractivity contribution is -0.132. The van der Waals surface area contributed by atoms with Crippen LogP contribution in [-0.2, 0) is 17.8 Å². The Bertz CT molecular complexity index is 499. The lowest BCUT2D eigenvalue weighted by Crippen LogP contribution is -2.35. The van der Waals surface area contributed by atoms with Gasteiger partial charge in [0.25, 0.3) is 0 Å². The molecule has 116 valence electrons. The van der Waals surface area contributed by atoms with E-state index >= 15 is 0 Å². The van der Waals surface area contributed by atoms with E-state index in [1.807, 2.05) is 17.0 Å². The van der Waals surface area contributed by atoms with Gasteiger partial charge in [-0.3, -0.25) is 4.79 Å². The molecule has 0 aliphatic carbocycles. The van der Waals surface area contributed by atoms with Gasteiger partial charge in [0.1, 0.15) is 0 Å². The summed E-state index contributed by atoms with van der Waals surface area (Å²) in [6.45, 7) is 3.63. The van der Waals surface area contributed by atoms with E-state index in [1.165, 1.54) is 11.1 Å². The molecule has 0 radical (unpaired) electrons. The first kappa shape index (κ1) is 15.7. The van der Waals surface area contributed by atoms with Crippen molar-refractivity contribution in [1.29, 1.82) is 0 Å². The van der Waals surface area contributed by atoms with Crippen molar-refractivity contribution in [3.63, 3.8) is 0 Å². The van der Waals surface area contributed by atoms with Gasteiger partial charge in [-0.1, -0.05) is 19.8 Å². The van der Waals surface area contributed by atoms with Crippen LogP contribution in [0.3, 0.4) is 0 Å². The Morgan fingerprint density at radius 3 is 2.43 bits per heavy atom. The highest BCUT2D eigenvalue weighted by atomic mass is 16.5. The van der Waals surface area contributed by atoms with Crippen molar-refractivity contribution in [1.82, 2.24) is 4.90 Å². The highest BCUT2D eigenvalue weighted by Crippen LogP contribution is 2.33. The average molecular weight is 291 g/mol. The molecular formula is C17H25NO3. The average Bonchev–Trinajstić information content (AvgIpc) is 2.52. The molecule has 0 unspecified atom stereocenters. The maximum Gasteiger partial charge on any atom is 0.222 e. The van der Waals surface area contributed by atoms with Crippen LogP contribution in [0.2, 0.25) is 0 Å². The van der Waals surface area contributed by atoms with Gasteiger partial charge in [-0.25, -0.2) is 0 Å². The van der Waals surface area contributed by atoms with E-state index in [2.05, 4.69) is 6.92 Å². The summed E-state index contributed by atoms with van der Waals surface area (Å²) >= 11 is 0. The predicted octanol–water partition coefficient (Wildman–Crippen LogP) is 3.17. The van der Waals surface area contributed by atoms with Crippen LogP contribution in [0.5, 0.6) is 11.5 Å². The second-order valence-corrected chi connectivity index (χ2v) is 5.50. The third-order valence-electron chi connectivity index (χ3n) is 4.06. The van der Waals surface area contributed by atoms with Crippen LogP contribution in [0.25, 0.3) is 0 Å². The maximum absolute atomic E-state index is 12.2. The Morgan fingerprint density at radius 2 is 1.81 bits per heavy atom. The summed E-state index contributed by atoms with van der Waals surface area (Å²) in [5.74, 6) is 1.76. The van der Waals surface area contributed by atoms with Gasteiger partial charge in [0.05, 0.1) is 14.2 Å². The number of hydrogen-bond acceptors (Lipinski definition) is 3. The molecule has 0 fully saturated rings. The number of carbonyl (C=O) groups excluding carboxylic acids is 1. The number of unbranched alkanes of at least 4 members (excludes halogenated alkanes) is 2. The molecule has 4 nitrogen and oxygen atoms in total. The molecule has 4 heteroatoms. The molecule has 1 aliphatic heterocycles. The molecule has 0 atom stereocenters. The molecule has 0 aromatic heterocycles. The van der Waals surface area contributed by atoms with E-state index in [-0.39, 0.29) is 5.91 Å². The molecule has 0 bridgehead atoms. The van der Waals surface area contributed by atoms with Gasteiger partial charge >= 0.3 is 0 Å². The number of benzene rings is 1. The molecule has 0 N–H and O–H groups in total. The normalized spacial score (nSPS) is 13.8. The number of fused-ring (bicyclic) bond motifs is 1. The SMILES string of the molecule is CCCCCC(=O)N1CCc2cc(OC)c(OC)cc2C1. The molecule has 0 saturated heterocycles. The Labute approximate surface area is 127 Å². The second-order valence-electron chi connectivity index (χ2n) is 5.50. The highest BCUT2D eigenvalue weighted by Gasteiger charge is 2.22. The van der Waals surface area contributed by atoms with Gasteiger partial charge in [0, 0.05) is 19.5 Å². The molecule has 1 heterocycles. The first-order chi connectivity index (χ1) is 10.2. The number of rotatable bonds is 6. The summed E-state index contributed by atoms with van der Waals surface area (Å²) in [5, 5.41) is 0. The molecular weight excluding hydrogens is 266 g/mol. The molecule has 1 aliphatic rings. The fraction of sp³-hybridized carbons (Fsp3) is 0.588. The number of ether oxygens (including phenoxy) is 2. The van der Waals surface area contributed by atoms with Crippen LogP contribution in [0, 0.1) is 0 Å². The van der Waals surface area contributed by atoms with Crippen LogP contribution in [0.4, 0.5) is 0 Å². The van der Waals surface area contributed by atoms with E-state index in [0.717, 1.165) is 43.7 Å². The minimum atomic E-state index is 0.267. The van der Waals surface area contributed by atoms with E-state index in [1.54, 1.807) is 14.2 Å². The molecule has 1 amide bonds. The summed E-state index contributed by atoms with van der Waals surface area (Å²) in [6.07, 6.45) is 4.81. The Hall–Kier alpha value is -1.71. The van der Waals surface area contributed by atoms with Crippen molar-refractivity contribution in [2.45, 2.75) is 45.6 Å². The number of carbonyl (C=O) groups is 1. The molecule has 0 saturated carbocycles. The van der Waals surface area contributed by atoms with E-state index in [0.29, 0.717) is 13.0 Å². The van der Waals surface area contributed by atoms with Crippen molar-refractivity contribution in [3.05, 3.63) is 23.3 Å². The minimum Gasteiger partial charge on any atom is -0.493 e. The lowest BCUT2D eigenvalue weighted by Gasteiger charge is -2.29. The zero-order chi connectivity index (χ0) is 15.2. The van der Waals surface area contributed by atoms with Gasteiger partial charge in [0.15, 0.2) is 11.5 Å². The largest absolute Gasteiger partial charge is 0.493 e. The Balaban J connectivity index is 2.07. The van der Waals surface area contributed by atoms with Crippen molar-refractivity contribution in [2.75, 3.05) is 20.8 Å². The molecule has 0 spiro atoms. The second kappa shape index (κ2) is 7.34. The highest BCUT2D eigenvalue weighted by molar-refractivity contribution is 5.76. The van der Waals surface area contributed by atoms with Crippen LogP contribution in [-0.4, -0.2) is 31.6 Å². The van der Waals surface area contributed by atoms with Gasteiger partial charge < -0.3 is 14.4 Å². The fourth-order valence-electron chi connectivity index (χ4n) is 2.78. The van der Waals surface area contributed by atoms with Gasteiger partial charge in [-0.15, -0.1) is 0 Å². The molecule has 21 heavy (non-hydrogen) atoms. The van der Waals surface area contributed by atoms with Gasteiger partial charge in [0.2, 0.25) is 5.91 Å². The third-order valence-corrected chi connectivity index (χ3v) is 4.06. The van der Waals surface area contributed by atoms with Crippen LogP contribution >= 0.6 is 0 Å². The van der Waals surface area contributed by atoms with Crippen molar-refractivity contribution >= 4 is 5.91 Å². The monoisotopic (exact) mass is 291 g/mol. The summed E-state index contributed by atoms with van der Waals surface area (Å²) in [4.78, 5) is 14.2. The van der Waals surface area contributed by atoms with E-state index in [9.17, 15) is 4.79 Å². The number of methoxy groups -OCH3 is 2. The third kappa shape index (κ3) is 3.69. The zero-order valence-corrected chi connectivity index (χ0v) is 13.3. The first-order valence-electron chi connectivity index (χ1n) is 7.71. The Morgan fingerprint density at radius 1 is 1.14 bits per heavy atom. The molecule has 1 aromatic carbocycles. The number of amides is 1. The standard InChI is InChI=1S/C17H25NO3/c1-4-5-6-7-17(19)18-9-8-13-10-15(20-2)16(21-3)11-14(13)12-18/h10-11H,4-9,12H2,1-3H3. The first-order valence-corrected chi connectivity index (χ1v) is 7.71. The number of hydrogen-bond donors (Lipinski definition) is 0. The van der Waals surface area contributed by atoms with Crippen LogP contribution < -0.4 is 9.47 Å². The van der Waals surface area contributed by atoms with Gasteiger partial charge in [-0.05, 0) is 36.1 Å². The summed E-state index contributed by atoms with van der Waals surface area (Å²) in [7, 11) is 3.29. The molecule has 1 aromatic rings. The Kier molecular flexibility index (Phi) is 5.48. The van der Waals surface area contributed by atoms with Crippen LogP contribution in [0.1, 0.15) is 43.7 Å².